The predicted octanol–water partition coefficient (Wildman–Crippen LogP) is 2.54. The summed E-state index contributed by atoms with van der Waals surface area (Å²) in [4.78, 5) is 4.01. The van der Waals surface area contributed by atoms with E-state index in [4.69, 9.17) is 10.5 Å². The van der Waals surface area contributed by atoms with E-state index in [2.05, 4.69) is 4.98 Å². The molecule has 1 heterocycles. The summed E-state index contributed by atoms with van der Waals surface area (Å²) in [6, 6.07) is 4.65. The lowest BCUT2D eigenvalue weighted by molar-refractivity contribution is 0.411. The van der Waals surface area contributed by atoms with Crippen molar-refractivity contribution in [2.24, 2.45) is 0 Å². The van der Waals surface area contributed by atoms with Gasteiger partial charge in [-0.05, 0) is 12.1 Å². The van der Waals surface area contributed by atoms with Crippen LogP contribution in [0.1, 0.15) is 0 Å². The molecular formula is C10H9FN2OS. The quantitative estimate of drug-likeness (QED) is 0.852. The maximum atomic E-state index is 13.6. The van der Waals surface area contributed by atoms with Gasteiger partial charge in [0.2, 0.25) is 0 Å². The van der Waals surface area contributed by atoms with Crippen LogP contribution in [0.2, 0.25) is 0 Å². The van der Waals surface area contributed by atoms with E-state index in [9.17, 15) is 4.39 Å². The Balaban J connectivity index is 2.45. The highest BCUT2D eigenvalue weighted by molar-refractivity contribution is 7.13. The smallest absolute Gasteiger partial charge is 0.137 e. The number of nitrogen functional groups attached to an aromatic ring is 1. The summed E-state index contributed by atoms with van der Waals surface area (Å²) in [5.74, 6) is 0.537. The average Bonchev–Trinajstić information content (AvgIpc) is 2.64. The zero-order valence-electron chi connectivity index (χ0n) is 8.03. The molecule has 2 N–H and O–H groups in total. The molecule has 1 aromatic heterocycles. The van der Waals surface area contributed by atoms with E-state index in [1.165, 1.54) is 24.5 Å². The second-order valence-electron chi connectivity index (χ2n) is 2.92. The molecule has 0 aliphatic heterocycles. The highest BCUT2D eigenvalue weighted by Crippen LogP contribution is 2.29. The van der Waals surface area contributed by atoms with E-state index in [0.717, 1.165) is 0 Å². The number of hydrogen-bond acceptors (Lipinski definition) is 4. The summed E-state index contributed by atoms with van der Waals surface area (Å²) in [5.41, 5.74) is 5.92. The van der Waals surface area contributed by atoms with E-state index < -0.39 is 0 Å². The third kappa shape index (κ3) is 1.92. The summed E-state index contributed by atoms with van der Waals surface area (Å²) in [6.07, 6.45) is 0. The zero-order chi connectivity index (χ0) is 10.8. The van der Waals surface area contributed by atoms with Crippen molar-refractivity contribution in [2.45, 2.75) is 0 Å². The van der Waals surface area contributed by atoms with Crippen LogP contribution >= 0.6 is 11.3 Å². The van der Waals surface area contributed by atoms with E-state index in [1.807, 2.05) is 0 Å². The first-order valence-corrected chi connectivity index (χ1v) is 5.13. The SMILES string of the molecule is COc1ccc(-c2nc(N)cs2)c(F)c1. The number of nitrogens with two attached hydrogens (primary N) is 1. The van der Waals surface area contributed by atoms with Crippen LogP contribution in [0.5, 0.6) is 5.75 Å². The molecule has 0 saturated carbocycles. The molecule has 0 atom stereocenters. The minimum absolute atomic E-state index is 0.358. The number of benzene rings is 1. The molecule has 3 nitrogen and oxygen atoms in total. The normalized spacial score (nSPS) is 10.3. The molecule has 0 bridgehead atoms. The van der Waals surface area contributed by atoms with Crippen LogP contribution in [0, 0.1) is 5.82 Å². The molecule has 0 spiro atoms. The number of thiazole rings is 1. The number of nitrogens with zero attached hydrogens (tertiary/aromatic N) is 1. The second kappa shape index (κ2) is 3.86. The van der Waals surface area contributed by atoms with Crippen LogP contribution in [0.4, 0.5) is 10.2 Å². The van der Waals surface area contributed by atoms with Gasteiger partial charge in [0.1, 0.15) is 22.4 Å². The Bertz CT molecular complexity index is 484. The fraction of sp³-hybridized carbons (Fsp3) is 0.100. The molecule has 0 amide bonds. The summed E-state index contributed by atoms with van der Waals surface area (Å²) in [6.45, 7) is 0. The van der Waals surface area contributed by atoms with Gasteiger partial charge in [-0.2, -0.15) is 0 Å². The summed E-state index contributed by atoms with van der Waals surface area (Å²) in [7, 11) is 1.50. The Kier molecular flexibility index (Phi) is 2.55. The van der Waals surface area contributed by atoms with Gasteiger partial charge in [-0.1, -0.05) is 0 Å². The number of halogens is 1. The third-order valence-electron chi connectivity index (χ3n) is 1.93. The number of ether oxygens (including phenoxy) is 1. The largest absolute Gasteiger partial charge is 0.497 e. The maximum absolute atomic E-state index is 13.6. The molecule has 0 saturated heterocycles. The van der Waals surface area contributed by atoms with Crippen LogP contribution < -0.4 is 10.5 Å². The molecule has 0 aliphatic carbocycles. The van der Waals surface area contributed by atoms with Gasteiger partial charge in [0.25, 0.3) is 0 Å². The van der Waals surface area contributed by atoms with Crippen LogP contribution in [0.15, 0.2) is 23.6 Å². The lowest BCUT2D eigenvalue weighted by Crippen LogP contribution is -1.88. The fourth-order valence-electron chi connectivity index (χ4n) is 1.21. The monoisotopic (exact) mass is 224 g/mol. The van der Waals surface area contributed by atoms with Crippen molar-refractivity contribution in [3.63, 3.8) is 0 Å². The number of aromatic nitrogens is 1. The topological polar surface area (TPSA) is 48.1 Å². The molecule has 5 heteroatoms. The number of anilines is 1. The van der Waals surface area contributed by atoms with Gasteiger partial charge < -0.3 is 10.5 Å². The Hall–Kier alpha value is -1.62. The van der Waals surface area contributed by atoms with Gasteiger partial charge in [0.15, 0.2) is 0 Å². The third-order valence-corrected chi connectivity index (χ3v) is 2.82. The van der Waals surface area contributed by atoms with Crippen LogP contribution in [0.3, 0.4) is 0 Å². The number of hydrogen-bond donors (Lipinski definition) is 1. The van der Waals surface area contributed by atoms with Gasteiger partial charge >= 0.3 is 0 Å². The van der Waals surface area contributed by atoms with E-state index in [1.54, 1.807) is 17.5 Å². The molecule has 0 unspecified atom stereocenters. The Morgan fingerprint density at radius 2 is 2.27 bits per heavy atom. The van der Waals surface area contributed by atoms with E-state index >= 15 is 0 Å². The fourth-order valence-corrected chi connectivity index (χ4v) is 1.94. The first-order valence-electron chi connectivity index (χ1n) is 4.25. The first-order chi connectivity index (χ1) is 7.20. The first kappa shape index (κ1) is 9.92. The minimum atomic E-state index is -0.358. The van der Waals surface area contributed by atoms with Crippen molar-refractivity contribution in [2.75, 3.05) is 12.8 Å². The van der Waals surface area contributed by atoms with Crippen molar-refractivity contribution in [1.29, 1.82) is 0 Å². The Morgan fingerprint density at radius 1 is 1.47 bits per heavy atom. The molecule has 78 valence electrons. The predicted molar refractivity (Wildman–Crippen MR) is 58.5 cm³/mol. The molecule has 15 heavy (non-hydrogen) atoms. The Labute approximate surface area is 90.3 Å². The van der Waals surface area contributed by atoms with Crippen molar-refractivity contribution in [3.8, 4) is 16.3 Å². The number of methoxy groups -OCH3 is 1. The molecule has 2 aromatic rings. The molecule has 1 aromatic carbocycles. The highest BCUT2D eigenvalue weighted by Gasteiger charge is 2.09. The van der Waals surface area contributed by atoms with Crippen LogP contribution in [-0.4, -0.2) is 12.1 Å². The van der Waals surface area contributed by atoms with Crippen LogP contribution in [0.25, 0.3) is 10.6 Å². The molecule has 0 fully saturated rings. The standard InChI is InChI=1S/C10H9FN2OS/c1-14-6-2-3-7(8(11)4-6)10-13-9(12)5-15-10/h2-5H,12H2,1H3. The van der Waals surface area contributed by atoms with Gasteiger partial charge in [-0.25, -0.2) is 9.37 Å². The highest BCUT2D eigenvalue weighted by atomic mass is 32.1. The minimum Gasteiger partial charge on any atom is -0.497 e. The van der Waals surface area contributed by atoms with Gasteiger partial charge in [-0.15, -0.1) is 11.3 Å². The lowest BCUT2D eigenvalue weighted by Gasteiger charge is -2.02. The molecular weight excluding hydrogens is 215 g/mol. The van der Waals surface area contributed by atoms with Gasteiger partial charge in [0, 0.05) is 17.0 Å². The van der Waals surface area contributed by atoms with Crippen molar-refractivity contribution in [1.82, 2.24) is 4.98 Å². The lowest BCUT2D eigenvalue weighted by atomic mass is 10.2. The molecule has 0 radical (unpaired) electrons. The zero-order valence-corrected chi connectivity index (χ0v) is 8.84. The number of rotatable bonds is 2. The summed E-state index contributed by atoms with van der Waals surface area (Å²) in [5, 5.41) is 2.26. The second-order valence-corrected chi connectivity index (χ2v) is 3.78. The van der Waals surface area contributed by atoms with Gasteiger partial charge in [-0.3, -0.25) is 0 Å². The maximum Gasteiger partial charge on any atom is 0.137 e. The van der Waals surface area contributed by atoms with E-state index in [-0.39, 0.29) is 5.82 Å². The average molecular weight is 224 g/mol. The van der Waals surface area contributed by atoms with Gasteiger partial charge in [0.05, 0.1) is 7.11 Å². The summed E-state index contributed by atoms with van der Waals surface area (Å²) >= 11 is 1.31. The van der Waals surface area contributed by atoms with Crippen molar-refractivity contribution < 1.29 is 9.13 Å². The summed E-state index contributed by atoms with van der Waals surface area (Å²) < 4.78 is 18.5. The van der Waals surface area contributed by atoms with E-state index in [0.29, 0.717) is 22.1 Å². The van der Waals surface area contributed by atoms with Crippen molar-refractivity contribution >= 4 is 17.2 Å². The molecule has 0 aliphatic rings. The van der Waals surface area contributed by atoms with Crippen molar-refractivity contribution in [3.05, 3.63) is 29.4 Å². The molecule has 2 rings (SSSR count). The van der Waals surface area contributed by atoms with Crippen LogP contribution in [-0.2, 0) is 0 Å². The Morgan fingerprint density at radius 3 is 2.80 bits per heavy atom.